The van der Waals surface area contributed by atoms with Gasteiger partial charge in [0.15, 0.2) is 29.3 Å². The summed E-state index contributed by atoms with van der Waals surface area (Å²) in [5, 5.41) is 9.93. The van der Waals surface area contributed by atoms with Crippen molar-refractivity contribution in [1.29, 1.82) is 0 Å². The van der Waals surface area contributed by atoms with E-state index >= 15 is 0 Å². The third-order valence-corrected chi connectivity index (χ3v) is 3.79. The van der Waals surface area contributed by atoms with Crippen LogP contribution < -0.4 is 4.74 Å². The molecule has 2 rings (SSSR count). The Morgan fingerprint density at radius 2 is 1.87 bits per heavy atom. The number of hydrogen-bond donors (Lipinski definition) is 1. The van der Waals surface area contributed by atoms with Crippen molar-refractivity contribution in [3.05, 3.63) is 40.9 Å². The Balaban J connectivity index is 2.55. The van der Waals surface area contributed by atoms with E-state index in [-0.39, 0.29) is 23.2 Å². The van der Waals surface area contributed by atoms with E-state index in [1.807, 2.05) is 6.08 Å². The van der Waals surface area contributed by atoms with Crippen molar-refractivity contribution in [2.75, 3.05) is 28.4 Å². The van der Waals surface area contributed by atoms with Gasteiger partial charge in [-0.05, 0) is 29.3 Å². The number of methoxy groups -OCH3 is 4. The predicted octanol–water partition coefficient (Wildman–Crippen LogP) is 2.52. The van der Waals surface area contributed by atoms with Crippen LogP contribution in [0.4, 0.5) is 0 Å². The molecule has 0 spiro atoms. The van der Waals surface area contributed by atoms with Gasteiger partial charge in [0.2, 0.25) is 0 Å². The molecule has 0 heterocycles. The van der Waals surface area contributed by atoms with Crippen LogP contribution in [0.5, 0.6) is 11.5 Å². The first-order valence-corrected chi connectivity index (χ1v) is 7.01. The monoisotopic (exact) mass is 320 g/mol. The number of aldehydes is 1. The predicted molar refractivity (Wildman–Crippen MR) is 84.5 cm³/mol. The maximum absolute atomic E-state index is 11.2. The van der Waals surface area contributed by atoms with E-state index in [1.54, 1.807) is 33.5 Å². The quantitative estimate of drug-likeness (QED) is 0.812. The minimum Gasteiger partial charge on any atom is -0.504 e. The van der Waals surface area contributed by atoms with Gasteiger partial charge in [-0.3, -0.25) is 4.79 Å². The maximum atomic E-state index is 11.2. The zero-order chi connectivity index (χ0) is 17.0. The molecule has 1 unspecified atom stereocenters. The van der Waals surface area contributed by atoms with Gasteiger partial charge in [-0.2, -0.15) is 0 Å². The molecule has 0 bridgehead atoms. The van der Waals surface area contributed by atoms with Crippen molar-refractivity contribution in [3.63, 3.8) is 0 Å². The SMILES string of the molecule is COC1=C(OC)C(OC)CC(c2cc(C=O)c(O)c(OC)c2)=C1. The van der Waals surface area contributed by atoms with E-state index in [4.69, 9.17) is 18.9 Å². The molecular formula is C17H20O6. The second kappa shape index (κ2) is 7.19. The Morgan fingerprint density at radius 1 is 1.13 bits per heavy atom. The Labute approximate surface area is 134 Å². The molecule has 6 heteroatoms. The number of ether oxygens (including phenoxy) is 4. The van der Waals surface area contributed by atoms with Crippen molar-refractivity contribution >= 4 is 11.9 Å². The molecule has 0 amide bonds. The largest absolute Gasteiger partial charge is 0.504 e. The number of benzene rings is 1. The third-order valence-electron chi connectivity index (χ3n) is 3.79. The normalized spacial score (nSPS) is 17.6. The number of rotatable bonds is 6. The molecule has 1 aliphatic rings. The fourth-order valence-corrected chi connectivity index (χ4v) is 2.58. The zero-order valence-electron chi connectivity index (χ0n) is 13.6. The van der Waals surface area contributed by atoms with E-state index in [0.717, 1.165) is 11.1 Å². The van der Waals surface area contributed by atoms with Gasteiger partial charge in [-0.15, -0.1) is 0 Å². The number of phenols is 1. The molecule has 0 aliphatic heterocycles. The van der Waals surface area contributed by atoms with Gasteiger partial charge in [0.05, 0.1) is 26.9 Å². The van der Waals surface area contributed by atoms with Gasteiger partial charge in [0, 0.05) is 13.5 Å². The average molecular weight is 320 g/mol. The second-order valence-corrected chi connectivity index (χ2v) is 4.97. The summed E-state index contributed by atoms with van der Waals surface area (Å²) < 4.78 is 21.3. The topological polar surface area (TPSA) is 74.2 Å². The van der Waals surface area contributed by atoms with Gasteiger partial charge in [-0.25, -0.2) is 0 Å². The Kier molecular flexibility index (Phi) is 5.28. The highest BCUT2D eigenvalue weighted by atomic mass is 16.5. The van der Waals surface area contributed by atoms with Crippen LogP contribution in [0, 0.1) is 0 Å². The van der Waals surface area contributed by atoms with Crippen molar-refractivity contribution < 1.29 is 28.8 Å². The molecule has 0 radical (unpaired) electrons. The lowest BCUT2D eigenvalue weighted by Crippen LogP contribution is -2.21. The highest BCUT2D eigenvalue weighted by molar-refractivity contribution is 5.85. The van der Waals surface area contributed by atoms with Crippen LogP contribution in [0.2, 0.25) is 0 Å². The molecule has 0 saturated heterocycles. The number of hydrogen-bond acceptors (Lipinski definition) is 6. The van der Waals surface area contributed by atoms with Crippen molar-refractivity contribution in [3.8, 4) is 11.5 Å². The number of carbonyl (C=O) groups is 1. The molecule has 1 aromatic rings. The Bertz CT molecular complexity index is 659. The Hall–Kier alpha value is -2.47. The lowest BCUT2D eigenvalue weighted by molar-refractivity contribution is 0.0692. The second-order valence-electron chi connectivity index (χ2n) is 4.97. The third kappa shape index (κ3) is 3.17. The number of phenolic OH excluding ortho intramolecular Hbond substituents is 1. The number of aromatic hydroxyl groups is 1. The number of allylic oxidation sites excluding steroid dienone is 1. The molecule has 0 aromatic heterocycles. The summed E-state index contributed by atoms with van der Waals surface area (Å²) in [6.07, 6.45) is 2.66. The van der Waals surface area contributed by atoms with E-state index in [0.29, 0.717) is 24.2 Å². The summed E-state index contributed by atoms with van der Waals surface area (Å²) in [4.78, 5) is 11.2. The Morgan fingerprint density at radius 3 is 2.39 bits per heavy atom. The molecular weight excluding hydrogens is 300 g/mol. The maximum Gasteiger partial charge on any atom is 0.168 e. The van der Waals surface area contributed by atoms with Gasteiger partial charge in [-0.1, -0.05) is 0 Å². The smallest absolute Gasteiger partial charge is 0.168 e. The van der Waals surface area contributed by atoms with Crippen LogP contribution in [-0.2, 0) is 14.2 Å². The van der Waals surface area contributed by atoms with Crippen molar-refractivity contribution in [2.45, 2.75) is 12.5 Å². The van der Waals surface area contributed by atoms with E-state index < -0.39 is 0 Å². The van der Waals surface area contributed by atoms with Crippen LogP contribution in [-0.4, -0.2) is 45.9 Å². The molecule has 1 aliphatic carbocycles. The summed E-state index contributed by atoms with van der Waals surface area (Å²) in [7, 11) is 6.14. The van der Waals surface area contributed by atoms with Crippen LogP contribution in [0.3, 0.4) is 0 Å². The standard InChI is InChI=1S/C17H20O6/c1-20-13-6-10(5-12(9-18)16(13)19)11-7-14(21-2)17(23-4)15(8-11)22-3/h5-7,9,15,19H,8H2,1-4H3. The van der Waals surface area contributed by atoms with E-state index in [2.05, 4.69) is 0 Å². The van der Waals surface area contributed by atoms with Gasteiger partial charge >= 0.3 is 0 Å². The fraction of sp³-hybridized carbons (Fsp3) is 0.353. The van der Waals surface area contributed by atoms with Gasteiger partial charge in [0.1, 0.15) is 6.10 Å². The minimum absolute atomic E-state index is 0.162. The van der Waals surface area contributed by atoms with Gasteiger partial charge < -0.3 is 24.1 Å². The molecule has 1 aromatic carbocycles. The highest BCUT2D eigenvalue weighted by Crippen LogP contribution is 2.38. The average Bonchev–Trinajstić information content (AvgIpc) is 2.60. The zero-order valence-corrected chi connectivity index (χ0v) is 13.6. The van der Waals surface area contributed by atoms with Crippen LogP contribution in [0.15, 0.2) is 29.7 Å². The summed E-state index contributed by atoms with van der Waals surface area (Å²) in [6, 6.07) is 3.28. The van der Waals surface area contributed by atoms with Crippen molar-refractivity contribution in [2.24, 2.45) is 0 Å². The summed E-state index contributed by atoms with van der Waals surface area (Å²) in [6.45, 7) is 0. The lowest BCUT2D eigenvalue weighted by Gasteiger charge is -2.26. The summed E-state index contributed by atoms with van der Waals surface area (Å²) in [5.41, 5.74) is 1.79. The fourth-order valence-electron chi connectivity index (χ4n) is 2.58. The lowest BCUT2D eigenvalue weighted by atomic mass is 9.92. The molecule has 0 saturated carbocycles. The minimum atomic E-state index is -0.297. The molecule has 0 fully saturated rings. The molecule has 23 heavy (non-hydrogen) atoms. The highest BCUT2D eigenvalue weighted by Gasteiger charge is 2.27. The van der Waals surface area contributed by atoms with E-state index in [9.17, 15) is 9.90 Å². The first-order chi connectivity index (χ1) is 11.1. The van der Waals surface area contributed by atoms with Crippen LogP contribution >= 0.6 is 0 Å². The molecule has 1 N–H and O–H groups in total. The summed E-state index contributed by atoms with van der Waals surface area (Å²) in [5.74, 6) is 1.23. The molecule has 6 nitrogen and oxygen atoms in total. The van der Waals surface area contributed by atoms with Crippen LogP contribution in [0.1, 0.15) is 22.3 Å². The number of carbonyl (C=O) groups excluding carboxylic acids is 1. The molecule has 124 valence electrons. The first kappa shape index (κ1) is 16.9. The van der Waals surface area contributed by atoms with Crippen LogP contribution in [0.25, 0.3) is 5.57 Å². The van der Waals surface area contributed by atoms with Gasteiger partial charge in [0.25, 0.3) is 0 Å². The summed E-state index contributed by atoms with van der Waals surface area (Å²) >= 11 is 0. The van der Waals surface area contributed by atoms with E-state index in [1.165, 1.54) is 7.11 Å². The first-order valence-electron chi connectivity index (χ1n) is 7.01. The molecule has 1 atom stereocenters. The van der Waals surface area contributed by atoms with Crippen molar-refractivity contribution in [1.82, 2.24) is 0 Å².